The molecular weight excluding hydrogens is 309 g/mol. The van der Waals surface area contributed by atoms with Gasteiger partial charge in [0.05, 0.1) is 17.7 Å². The summed E-state index contributed by atoms with van der Waals surface area (Å²) in [4.78, 5) is 16.4. The minimum absolute atomic E-state index is 0.0109. The molecule has 0 radical (unpaired) electrons. The molecule has 0 aliphatic heterocycles. The molecule has 0 fully saturated rings. The first-order chi connectivity index (χ1) is 10.6. The molecule has 4 nitrogen and oxygen atoms in total. The average molecular weight is 330 g/mol. The van der Waals surface area contributed by atoms with Crippen molar-refractivity contribution < 1.29 is 22.7 Å². The van der Waals surface area contributed by atoms with Crippen LogP contribution in [0, 0.1) is 0 Å². The highest BCUT2D eigenvalue weighted by atomic mass is 19.4. The lowest BCUT2D eigenvalue weighted by Gasteiger charge is -2.15. The van der Waals surface area contributed by atoms with E-state index in [4.69, 9.17) is 4.74 Å². The highest BCUT2D eigenvalue weighted by molar-refractivity contribution is 6.04. The molecular formula is C16H21F3N2O2. The summed E-state index contributed by atoms with van der Waals surface area (Å²) in [6, 6.07) is 4.14. The lowest BCUT2D eigenvalue weighted by Crippen LogP contribution is -2.35. The maximum Gasteiger partial charge on any atom is 0.416 e. The van der Waals surface area contributed by atoms with E-state index in [1.807, 2.05) is 13.8 Å². The van der Waals surface area contributed by atoms with E-state index in [9.17, 15) is 18.0 Å². The molecule has 23 heavy (non-hydrogen) atoms. The van der Waals surface area contributed by atoms with Crippen LogP contribution in [0.1, 0.15) is 50.0 Å². The van der Waals surface area contributed by atoms with Crippen molar-refractivity contribution in [2.24, 2.45) is 4.99 Å². The molecule has 1 amide bonds. The van der Waals surface area contributed by atoms with Crippen LogP contribution in [-0.2, 0) is 10.9 Å². The number of nitrogens with zero attached hydrogens (tertiary/aromatic N) is 1. The predicted octanol–water partition coefficient (Wildman–Crippen LogP) is 4.01. The van der Waals surface area contributed by atoms with E-state index >= 15 is 0 Å². The van der Waals surface area contributed by atoms with Crippen molar-refractivity contribution in [2.45, 2.75) is 52.4 Å². The Labute approximate surface area is 133 Å². The Morgan fingerprint density at radius 1 is 1.30 bits per heavy atom. The Hall–Kier alpha value is -2.05. The van der Waals surface area contributed by atoms with Gasteiger partial charge in [-0.3, -0.25) is 10.1 Å². The molecule has 7 heteroatoms. The number of alkyl halides is 3. The molecule has 1 aromatic carbocycles. The number of carbonyl (C=O) groups excluding carboxylic acids is 1. The van der Waals surface area contributed by atoms with Crippen LogP contribution in [0.15, 0.2) is 29.3 Å². The van der Waals surface area contributed by atoms with Gasteiger partial charge in [0, 0.05) is 5.56 Å². The Morgan fingerprint density at radius 3 is 2.48 bits per heavy atom. The van der Waals surface area contributed by atoms with E-state index in [-0.39, 0.29) is 23.7 Å². The summed E-state index contributed by atoms with van der Waals surface area (Å²) in [6.45, 7) is 7.31. The normalized spacial score (nSPS) is 13.8. The number of ether oxygens (including phenoxy) is 1. The Bertz CT molecular complexity index is 569. The lowest BCUT2D eigenvalue weighted by atomic mass is 10.1. The zero-order valence-electron chi connectivity index (χ0n) is 13.6. The summed E-state index contributed by atoms with van der Waals surface area (Å²) >= 11 is 0. The standard InChI is InChI=1S/C16H21F3N2O2/c1-5-11(4)20-15(23-10(2)3)21-14(22)12-7-6-8-13(9-12)16(17,18)19/h6-11H,5H2,1-4H3,(H,20,21,22)/t11-/m1/s1. The predicted molar refractivity (Wildman–Crippen MR) is 82.3 cm³/mol. The van der Waals surface area contributed by atoms with Gasteiger partial charge in [0.2, 0.25) is 0 Å². The summed E-state index contributed by atoms with van der Waals surface area (Å²) in [5, 5.41) is 2.43. The topological polar surface area (TPSA) is 50.7 Å². The summed E-state index contributed by atoms with van der Waals surface area (Å²) in [5.41, 5.74) is -0.987. The van der Waals surface area contributed by atoms with Gasteiger partial charge in [-0.2, -0.15) is 13.2 Å². The van der Waals surface area contributed by atoms with Crippen molar-refractivity contribution in [3.63, 3.8) is 0 Å². The molecule has 0 heterocycles. The molecule has 1 aromatic rings. The van der Waals surface area contributed by atoms with E-state index in [0.29, 0.717) is 0 Å². The van der Waals surface area contributed by atoms with Gasteiger partial charge in [0.1, 0.15) is 0 Å². The van der Waals surface area contributed by atoms with Crippen molar-refractivity contribution in [1.29, 1.82) is 0 Å². The largest absolute Gasteiger partial charge is 0.462 e. The zero-order valence-corrected chi connectivity index (χ0v) is 13.6. The fourth-order valence-electron chi connectivity index (χ4n) is 1.61. The number of hydrogen-bond acceptors (Lipinski definition) is 3. The third-order valence-electron chi connectivity index (χ3n) is 2.95. The second-order valence-electron chi connectivity index (χ2n) is 5.39. The van der Waals surface area contributed by atoms with Crippen LogP contribution < -0.4 is 5.32 Å². The third-order valence-corrected chi connectivity index (χ3v) is 2.95. The van der Waals surface area contributed by atoms with E-state index < -0.39 is 17.6 Å². The van der Waals surface area contributed by atoms with E-state index in [2.05, 4.69) is 10.3 Å². The number of nitrogens with one attached hydrogen (secondary N) is 1. The zero-order chi connectivity index (χ0) is 17.6. The summed E-state index contributed by atoms with van der Waals surface area (Å²) < 4.78 is 43.5. The molecule has 0 unspecified atom stereocenters. The molecule has 0 saturated heterocycles. The number of rotatable bonds is 4. The Morgan fingerprint density at radius 2 is 1.96 bits per heavy atom. The molecule has 0 bridgehead atoms. The molecule has 0 aliphatic rings. The molecule has 0 aromatic heterocycles. The summed E-state index contributed by atoms with van der Waals surface area (Å²) in [6.07, 6.45) is -3.98. The van der Waals surface area contributed by atoms with Crippen LogP contribution in [0.3, 0.4) is 0 Å². The Balaban J connectivity index is 2.97. The van der Waals surface area contributed by atoms with Gasteiger partial charge < -0.3 is 4.74 Å². The molecule has 1 rings (SSSR count). The number of benzene rings is 1. The first kappa shape index (κ1) is 19.0. The van der Waals surface area contributed by atoms with Crippen molar-refractivity contribution in [3.8, 4) is 0 Å². The van der Waals surface area contributed by atoms with Gasteiger partial charge in [0.15, 0.2) is 0 Å². The van der Waals surface area contributed by atoms with Gasteiger partial charge in [-0.05, 0) is 45.4 Å². The first-order valence-electron chi connectivity index (χ1n) is 7.36. The molecule has 0 aliphatic carbocycles. The van der Waals surface area contributed by atoms with E-state index in [1.165, 1.54) is 12.1 Å². The molecule has 0 saturated carbocycles. The SMILES string of the molecule is CC[C@@H](C)N=C(NC(=O)c1cccc(C(F)(F)F)c1)OC(C)C. The van der Waals surface area contributed by atoms with Crippen LogP contribution >= 0.6 is 0 Å². The van der Waals surface area contributed by atoms with Crippen molar-refractivity contribution in [1.82, 2.24) is 5.32 Å². The molecule has 0 spiro atoms. The monoisotopic (exact) mass is 330 g/mol. The quantitative estimate of drug-likeness (QED) is 0.670. The van der Waals surface area contributed by atoms with Crippen molar-refractivity contribution >= 4 is 11.9 Å². The van der Waals surface area contributed by atoms with Crippen molar-refractivity contribution in [3.05, 3.63) is 35.4 Å². The lowest BCUT2D eigenvalue weighted by molar-refractivity contribution is -0.137. The maximum atomic E-state index is 12.7. The van der Waals surface area contributed by atoms with Gasteiger partial charge >= 0.3 is 6.18 Å². The van der Waals surface area contributed by atoms with Gasteiger partial charge in [0.25, 0.3) is 11.9 Å². The van der Waals surface area contributed by atoms with E-state index in [0.717, 1.165) is 18.6 Å². The number of amidine groups is 1. The number of hydrogen-bond donors (Lipinski definition) is 1. The highest BCUT2D eigenvalue weighted by Gasteiger charge is 2.31. The van der Waals surface area contributed by atoms with Crippen LogP contribution in [0.25, 0.3) is 0 Å². The van der Waals surface area contributed by atoms with Crippen LogP contribution in [-0.4, -0.2) is 24.1 Å². The smallest absolute Gasteiger partial charge is 0.416 e. The van der Waals surface area contributed by atoms with Gasteiger partial charge in [-0.1, -0.05) is 13.0 Å². The second-order valence-corrected chi connectivity index (χ2v) is 5.39. The van der Waals surface area contributed by atoms with Gasteiger partial charge in [-0.25, -0.2) is 4.99 Å². The third kappa shape index (κ3) is 6.30. The van der Waals surface area contributed by atoms with Crippen LogP contribution in [0.2, 0.25) is 0 Å². The summed E-state index contributed by atoms with van der Waals surface area (Å²) in [5.74, 6) is -0.696. The number of halogens is 3. The number of amides is 1. The molecule has 128 valence electrons. The van der Waals surface area contributed by atoms with Crippen LogP contribution in [0.5, 0.6) is 0 Å². The highest BCUT2D eigenvalue weighted by Crippen LogP contribution is 2.29. The van der Waals surface area contributed by atoms with E-state index in [1.54, 1.807) is 13.8 Å². The van der Waals surface area contributed by atoms with Gasteiger partial charge in [-0.15, -0.1) is 0 Å². The minimum atomic E-state index is -4.50. The maximum absolute atomic E-state index is 12.7. The fraction of sp³-hybridized carbons (Fsp3) is 0.500. The first-order valence-corrected chi connectivity index (χ1v) is 7.36. The minimum Gasteiger partial charge on any atom is -0.462 e. The number of carbonyl (C=O) groups is 1. The summed E-state index contributed by atoms with van der Waals surface area (Å²) in [7, 11) is 0. The molecule has 1 atom stereocenters. The fourth-order valence-corrected chi connectivity index (χ4v) is 1.61. The molecule has 1 N–H and O–H groups in total. The van der Waals surface area contributed by atoms with Crippen LogP contribution in [0.4, 0.5) is 13.2 Å². The second kappa shape index (κ2) is 7.99. The number of aliphatic imine (C=N–C) groups is 1. The van der Waals surface area contributed by atoms with Crippen molar-refractivity contribution in [2.75, 3.05) is 0 Å². The Kier molecular flexibility index (Phi) is 6.60. The average Bonchev–Trinajstić information content (AvgIpc) is 2.45.